The zero-order valence-electron chi connectivity index (χ0n) is 14.7. The molecule has 5 nitrogen and oxygen atoms in total. The van der Waals surface area contributed by atoms with Gasteiger partial charge in [-0.1, -0.05) is 20.8 Å². The number of nitrogens with zero attached hydrogens (tertiary/aromatic N) is 3. The third-order valence-corrected chi connectivity index (χ3v) is 6.70. The largest absolute Gasteiger partial charge is 0.302 e. The summed E-state index contributed by atoms with van der Waals surface area (Å²) >= 11 is 3.20. The van der Waals surface area contributed by atoms with Gasteiger partial charge in [0.25, 0.3) is 0 Å². The number of aromatic nitrogens is 3. The Kier molecular flexibility index (Phi) is 4.16. The highest BCUT2D eigenvalue weighted by Crippen LogP contribution is 2.40. The van der Waals surface area contributed by atoms with E-state index in [2.05, 4.69) is 36.1 Å². The van der Waals surface area contributed by atoms with Gasteiger partial charge >= 0.3 is 0 Å². The lowest BCUT2D eigenvalue weighted by atomic mass is 9.73. The first-order valence-corrected chi connectivity index (χ1v) is 10.3. The Morgan fingerprint density at radius 1 is 1.40 bits per heavy atom. The number of carbonyl (C=O) groups excluding carboxylic acids is 1. The van der Waals surface area contributed by atoms with Crippen molar-refractivity contribution < 1.29 is 4.79 Å². The van der Waals surface area contributed by atoms with Crippen molar-refractivity contribution in [1.29, 1.82) is 0 Å². The number of nitrogens with one attached hydrogen (secondary N) is 1. The normalized spacial score (nSPS) is 17.6. The van der Waals surface area contributed by atoms with Gasteiger partial charge in [-0.2, -0.15) is 0 Å². The molecule has 1 aliphatic rings. The van der Waals surface area contributed by atoms with E-state index < -0.39 is 0 Å². The summed E-state index contributed by atoms with van der Waals surface area (Å²) in [6.45, 7) is 6.92. The van der Waals surface area contributed by atoms with Crippen LogP contribution in [-0.4, -0.2) is 20.3 Å². The van der Waals surface area contributed by atoms with E-state index in [-0.39, 0.29) is 12.3 Å². The molecule has 0 spiro atoms. The molecule has 4 rings (SSSR count). The van der Waals surface area contributed by atoms with Crippen molar-refractivity contribution in [3.63, 3.8) is 0 Å². The first kappa shape index (κ1) is 16.7. The van der Waals surface area contributed by atoms with E-state index in [9.17, 15) is 4.79 Å². The highest BCUT2D eigenvalue weighted by atomic mass is 32.1. The highest BCUT2D eigenvalue weighted by molar-refractivity contribution is 7.16. The number of aryl methyl sites for hydroxylation is 1. The molecule has 7 heteroatoms. The molecule has 3 heterocycles. The highest BCUT2D eigenvalue weighted by Gasteiger charge is 2.30. The van der Waals surface area contributed by atoms with Crippen molar-refractivity contribution in [3.05, 3.63) is 34.0 Å². The Morgan fingerprint density at radius 2 is 2.24 bits per heavy atom. The van der Waals surface area contributed by atoms with E-state index in [0.717, 1.165) is 28.6 Å². The molecule has 0 aliphatic heterocycles. The Balaban J connectivity index is 1.42. The predicted molar refractivity (Wildman–Crippen MR) is 102 cm³/mol. The van der Waals surface area contributed by atoms with E-state index in [1.54, 1.807) is 22.7 Å². The van der Waals surface area contributed by atoms with Gasteiger partial charge in [-0.25, -0.2) is 9.97 Å². The maximum absolute atomic E-state index is 12.3. The maximum atomic E-state index is 12.3. The number of amides is 1. The lowest BCUT2D eigenvalue weighted by molar-refractivity contribution is -0.115. The van der Waals surface area contributed by atoms with Crippen LogP contribution in [-0.2, 0) is 24.1 Å². The van der Waals surface area contributed by atoms with E-state index in [1.807, 2.05) is 22.2 Å². The fourth-order valence-electron chi connectivity index (χ4n) is 3.36. The third-order valence-electron chi connectivity index (χ3n) is 4.90. The van der Waals surface area contributed by atoms with Gasteiger partial charge in [-0.15, -0.1) is 22.7 Å². The van der Waals surface area contributed by atoms with Crippen LogP contribution in [0, 0.1) is 11.3 Å². The molecule has 1 N–H and O–H groups in total. The van der Waals surface area contributed by atoms with Gasteiger partial charge in [0.1, 0.15) is 0 Å². The minimum absolute atomic E-state index is 0.0516. The second-order valence-electron chi connectivity index (χ2n) is 7.74. The van der Waals surface area contributed by atoms with Crippen molar-refractivity contribution in [2.75, 3.05) is 5.32 Å². The van der Waals surface area contributed by atoms with Crippen LogP contribution in [0.3, 0.4) is 0 Å². The van der Waals surface area contributed by atoms with E-state index >= 15 is 0 Å². The lowest BCUT2D eigenvalue weighted by Gasteiger charge is -2.33. The standard InChI is InChI=1S/C18H22N4OS2/c1-18(2,3)11-4-5-13-14(8-11)25-16(20-13)21-15(23)9-12-10-22-6-7-24-17(22)19-12/h6-7,10-11H,4-5,8-9H2,1-3H3,(H,20,21,23)/t11-/m1/s1. The number of hydrogen-bond donors (Lipinski definition) is 1. The smallest absolute Gasteiger partial charge is 0.232 e. The van der Waals surface area contributed by atoms with Gasteiger partial charge in [0.15, 0.2) is 10.1 Å². The zero-order chi connectivity index (χ0) is 17.6. The van der Waals surface area contributed by atoms with Crippen LogP contribution in [0.25, 0.3) is 4.96 Å². The predicted octanol–water partition coefficient (Wildman–Crippen LogP) is 4.18. The summed E-state index contributed by atoms with van der Waals surface area (Å²) in [5, 5.41) is 5.67. The Labute approximate surface area is 155 Å². The Bertz CT molecular complexity index is 887. The monoisotopic (exact) mass is 374 g/mol. The summed E-state index contributed by atoms with van der Waals surface area (Å²) in [6.07, 6.45) is 7.41. The van der Waals surface area contributed by atoms with Gasteiger partial charge < -0.3 is 5.32 Å². The molecular formula is C18H22N4OS2. The zero-order valence-corrected chi connectivity index (χ0v) is 16.3. The molecule has 132 valence electrons. The molecule has 1 amide bonds. The van der Waals surface area contributed by atoms with Crippen molar-refractivity contribution in [3.8, 4) is 0 Å². The van der Waals surface area contributed by atoms with Crippen LogP contribution in [0.4, 0.5) is 5.13 Å². The molecule has 1 atom stereocenters. The molecule has 0 saturated carbocycles. The van der Waals surface area contributed by atoms with Crippen LogP contribution in [0.1, 0.15) is 43.5 Å². The topological polar surface area (TPSA) is 59.3 Å². The minimum Gasteiger partial charge on any atom is -0.302 e. The second-order valence-corrected chi connectivity index (χ2v) is 9.70. The summed E-state index contributed by atoms with van der Waals surface area (Å²) in [6, 6.07) is 0. The molecule has 0 saturated heterocycles. The van der Waals surface area contributed by atoms with Gasteiger partial charge in [0.05, 0.1) is 17.8 Å². The summed E-state index contributed by atoms with van der Waals surface area (Å²) in [5.41, 5.74) is 2.28. The summed E-state index contributed by atoms with van der Waals surface area (Å²) in [5.74, 6) is 0.631. The number of anilines is 1. The van der Waals surface area contributed by atoms with Crippen molar-refractivity contribution in [2.24, 2.45) is 11.3 Å². The lowest BCUT2D eigenvalue weighted by Crippen LogP contribution is -2.26. The SMILES string of the molecule is CC(C)(C)[C@@H]1CCc2nc(NC(=O)Cc3cn4ccsc4n3)sc2C1. The fourth-order valence-corrected chi connectivity index (χ4v) is 5.18. The summed E-state index contributed by atoms with van der Waals surface area (Å²) in [4.78, 5) is 23.7. The number of hydrogen-bond acceptors (Lipinski definition) is 5. The average molecular weight is 375 g/mol. The second kappa shape index (κ2) is 6.21. The molecule has 3 aromatic heterocycles. The molecule has 1 aliphatic carbocycles. The Hall–Kier alpha value is -1.73. The molecule has 0 radical (unpaired) electrons. The first-order chi connectivity index (χ1) is 11.9. The van der Waals surface area contributed by atoms with E-state index in [4.69, 9.17) is 0 Å². The molecule has 3 aromatic rings. The number of rotatable bonds is 3. The number of carbonyl (C=O) groups is 1. The molecule has 0 unspecified atom stereocenters. The molecule has 0 fully saturated rings. The van der Waals surface area contributed by atoms with Gasteiger partial charge in [0, 0.05) is 22.7 Å². The summed E-state index contributed by atoms with van der Waals surface area (Å²) < 4.78 is 1.95. The van der Waals surface area contributed by atoms with Crippen molar-refractivity contribution in [2.45, 2.75) is 46.5 Å². The number of thiazole rings is 2. The minimum atomic E-state index is -0.0516. The van der Waals surface area contributed by atoms with Crippen LogP contribution in [0.2, 0.25) is 0 Å². The van der Waals surface area contributed by atoms with E-state index in [0.29, 0.717) is 11.3 Å². The number of imidazole rings is 1. The van der Waals surface area contributed by atoms with Crippen LogP contribution in [0.5, 0.6) is 0 Å². The van der Waals surface area contributed by atoms with Gasteiger partial charge in [-0.05, 0) is 30.6 Å². The Morgan fingerprint density at radius 3 is 3.00 bits per heavy atom. The van der Waals surface area contributed by atoms with Crippen molar-refractivity contribution in [1.82, 2.24) is 14.4 Å². The van der Waals surface area contributed by atoms with Crippen LogP contribution < -0.4 is 5.32 Å². The molecular weight excluding hydrogens is 352 g/mol. The fraction of sp³-hybridized carbons (Fsp3) is 0.500. The molecule has 0 aromatic carbocycles. The molecule has 0 bridgehead atoms. The molecule has 25 heavy (non-hydrogen) atoms. The van der Waals surface area contributed by atoms with Crippen molar-refractivity contribution >= 4 is 38.7 Å². The van der Waals surface area contributed by atoms with Gasteiger partial charge in [-0.3, -0.25) is 9.20 Å². The first-order valence-electron chi connectivity index (χ1n) is 8.58. The van der Waals surface area contributed by atoms with E-state index in [1.165, 1.54) is 17.0 Å². The van der Waals surface area contributed by atoms with Crippen LogP contribution in [0.15, 0.2) is 17.8 Å². The van der Waals surface area contributed by atoms with Gasteiger partial charge in [0.2, 0.25) is 5.91 Å². The maximum Gasteiger partial charge on any atom is 0.232 e. The average Bonchev–Trinajstić information content (AvgIpc) is 3.18. The number of fused-ring (bicyclic) bond motifs is 2. The van der Waals surface area contributed by atoms with Crippen LogP contribution >= 0.6 is 22.7 Å². The third kappa shape index (κ3) is 3.48. The quantitative estimate of drug-likeness (QED) is 0.748. The summed E-state index contributed by atoms with van der Waals surface area (Å²) in [7, 11) is 0.